The lowest BCUT2D eigenvalue weighted by atomic mass is 10.0. The number of carbonyl (C=O) groups excluding carboxylic acids is 1. The molecule has 29 heavy (non-hydrogen) atoms. The van der Waals surface area contributed by atoms with Gasteiger partial charge in [0.25, 0.3) is 0 Å². The first kappa shape index (κ1) is 19.9. The van der Waals surface area contributed by atoms with Crippen molar-refractivity contribution in [2.45, 2.75) is 38.4 Å². The molecule has 154 valence electrons. The molecule has 0 bridgehead atoms. The summed E-state index contributed by atoms with van der Waals surface area (Å²) in [6, 6.07) is 18.9. The highest BCUT2D eigenvalue weighted by molar-refractivity contribution is 5.80. The van der Waals surface area contributed by atoms with Gasteiger partial charge < -0.3 is 10.6 Å². The van der Waals surface area contributed by atoms with Crippen molar-refractivity contribution in [3.63, 3.8) is 0 Å². The average Bonchev–Trinajstić information content (AvgIpc) is 2.76. The van der Waals surface area contributed by atoms with Gasteiger partial charge in [0.1, 0.15) is 6.04 Å². The van der Waals surface area contributed by atoms with Crippen LogP contribution in [0, 0.1) is 0 Å². The minimum Gasteiger partial charge on any atom is -0.371 e. The van der Waals surface area contributed by atoms with Gasteiger partial charge in [0, 0.05) is 51.5 Å². The van der Waals surface area contributed by atoms with E-state index >= 15 is 0 Å². The molecule has 5 heteroatoms. The van der Waals surface area contributed by atoms with Gasteiger partial charge >= 0.3 is 0 Å². The van der Waals surface area contributed by atoms with Crippen LogP contribution in [0.3, 0.4) is 0 Å². The molecule has 2 aliphatic rings. The standard InChI is InChI=1S/C24H32N4O/c25-24(29)23-19-26(17-20-9-3-1-4-10-20)15-16-28(23)18-21-11-5-6-12-22(21)27-13-7-2-8-14-27/h1,3-6,9-12,23H,2,7-8,13-19H2,(H2,25,29). The predicted molar refractivity (Wildman–Crippen MR) is 118 cm³/mol. The van der Waals surface area contributed by atoms with Crippen LogP contribution in [0.4, 0.5) is 5.69 Å². The molecule has 0 aromatic heterocycles. The molecule has 2 saturated heterocycles. The molecule has 1 amide bonds. The van der Waals surface area contributed by atoms with Crippen molar-refractivity contribution < 1.29 is 4.79 Å². The van der Waals surface area contributed by atoms with Crippen molar-refractivity contribution in [3.8, 4) is 0 Å². The Bertz CT molecular complexity index is 804. The number of piperazine rings is 1. The smallest absolute Gasteiger partial charge is 0.236 e. The Balaban J connectivity index is 1.45. The first-order valence-electron chi connectivity index (χ1n) is 10.8. The first-order chi connectivity index (χ1) is 14.2. The molecule has 2 fully saturated rings. The molecule has 0 radical (unpaired) electrons. The Kier molecular flexibility index (Phi) is 6.47. The van der Waals surface area contributed by atoms with Gasteiger partial charge in [0.2, 0.25) is 5.91 Å². The first-order valence-corrected chi connectivity index (χ1v) is 10.8. The van der Waals surface area contributed by atoms with Gasteiger partial charge in [-0.3, -0.25) is 14.6 Å². The summed E-state index contributed by atoms with van der Waals surface area (Å²) in [5.74, 6) is -0.224. The zero-order valence-corrected chi connectivity index (χ0v) is 17.2. The highest BCUT2D eigenvalue weighted by atomic mass is 16.1. The number of hydrogen-bond acceptors (Lipinski definition) is 4. The zero-order valence-electron chi connectivity index (χ0n) is 17.2. The van der Waals surface area contributed by atoms with Gasteiger partial charge in [-0.2, -0.15) is 0 Å². The monoisotopic (exact) mass is 392 g/mol. The summed E-state index contributed by atoms with van der Waals surface area (Å²) in [6.07, 6.45) is 3.85. The van der Waals surface area contributed by atoms with Crippen LogP contribution in [-0.2, 0) is 17.9 Å². The van der Waals surface area contributed by atoms with E-state index in [1.54, 1.807) is 0 Å². The summed E-state index contributed by atoms with van der Waals surface area (Å²) >= 11 is 0. The normalized spacial score (nSPS) is 21.2. The van der Waals surface area contributed by atoms with Gasteiger partial charge in [-0.05, 0) is 36.5 Å². The molecule has 2 aromatic carbocycles. The minimum atomic E-state index is -0.248. The summed E-state index contributed by atoms with van der Waals surface area (Å²) in [6.45, 7) is 6.39. The molecule has 0 aliphatic carbocycles. The molecule has 0 saturated carbocycles. The number of anilines is 1. The number of piperidine rings is 1. The maximum absolute atomic E-state index is 12.3. The largest absolute Gasteiger partial charge is 0.371 e. The van der Waals surface area contributed by atoms with Crippen molar-refractivity contribution >= 4 is 11.6 Å². The summed E-state index contributed by atoms with van der Waals surface area (Å²) in [7, 11) is 0. The Morgan fingerprint density at radius 1 is 0.862 bits per heavy atom. The minimum absolute atomic E-state index is 0.224. The van der Waals surface area contributed by atoms with Crippen LogP contribution in [0.5, 0.6) is 0 Å². The van der Waals surface area contributed by atoms with E-state index in [0.717, 1.165) is 39.3 Å². The molecule has 2 heterocycles. The van der Waals surface area contributed by atoms with E-state index in [1.807, 2.05) is 6.07 Å². The fourth-order valence-corrected chi connectivity index (χ4v) is 4.63. The second kappa shape index (κ2) is 9.42. The molecule has 2 N–H and O–H groups in total. The third-order valence-corrected chi connectivity index (χ3v) is 6.21. The van der Waals surface area contributed by atoms with E-state index in [-0.39, 0.29) is 11.9 Å². The maximum atomic E-state index is 12.3. The van der Waals surface area contributed by atoms with Crippen LogP contribution >= 0.6 is 0 Å². The van der Waals surface area contributed by atoms with Gasteiger partial charge in [0.15, 0.2) is 0 Å². The van der Waals surface area contributed by atoms with E-state index in [2.05, 4.69) is 63.2 Å². The lowest BCUT2D eigenvalue weighted by Gasteiger charge is -2.40. The maximum Gasteiger partial charge on any atom is 0.236 e. The van der Waals surface area contributed by atoms with Crippen molar-refractivity contribution in [1.29, 1.82) is 0 Å². The number of primary amides is 1. The summed E-state index contributed by atoms with van der Waals surface area (Å²) in [5.41, 5.74) is 9.73. The fraction of sp³-hybridized carbons (Fsp3) is 0.458. The number of carbonyl (C=O) groups is 1. The third kappa shape index (κ3) is 4.98. The number of hydrogen-bond donors (Lipinski definition) is 1. The Labute approximate surface area is 174 Å². The molecule has 1 atom stereocenters. The van der Waals surface area contributed by atoms with Crippen LogP contribution in [-0.4, -0.2) is 54.5 Å². The molecule has 2 aliphatic heterocycles. The van der Waals surface area contributed by atoms with Crippen molar-refractivity contribution in [2.75, 3.05) is 37.6 Å². The summed E-state index contributed by atoms with van der Waals surface area (Å²) in [5, 5.41) is 0. The van der Waals surface area contributed by atoms with E-state index in [0.29, 0.717) is 6.54 Å². The lowest BCUT2D eigenvalue weighted by Crippen LogP contribution is -2.57. The fourth-order valence-electron chi connectivity index (χ4n) is 4.63. The summed E-state index contributed by atoms with van der Waals surface area (Å²) in [4.78, 5) is 19.4. The van der Waals surface area contributed by atoms with Crippen LogP contribution in [0.1, 0.15) is 30.4 Å². The Morgan fingerprint density at radius 2 is 1.59 bits per heavy atom. The van der Waals surface area contributed by atoms with Crippen molar-refractivity contribution in [2.24, 2.45) is 5.73 Å². The van der Waals surface area contributed by atoms with Gasteiger partial charge in [-0.25, -0.2) is 0 Å². The number of para-hydroxylation sites is 1. The van der Waals surface area contributed by atoms with Crippen molar-refractivity contribution in [1.82, 2.24) is 9.80 Å². The third-order valence-electron chi connectivity index (χ3n) is 6.21. The van der Waals surface area contributed by atoms with Crippen LogP contribution in [0.2, 0.25) is 0 Å². The van der Waals surface area contributed by atoms with Gasteiger partial charge in [0.05, 0.1) is 0 Å². The van der Waals surface area contributed by atoms with Gasteiger partial charge in [-0.1, -0.05) is 48.5 Å². The number of benzene rings is 2. The quantitative estimate of drug-likeness (QED) is 0.821. The van der Waals surface area contributed by atoms with E-state index < -0.39 is 0 Å². The average molecular weight is 393 g/mol. The second-order valence-corrected chi connectivity index (χ2v) is 8.29. The van der Waals surface area contributed by atoms with Gasteiger partial charge in [-0.15, -0.1) is 0 Å². The van der Waals surface area contributed by atoms with Crippen LogP contribution < -0.4 is 10.6 Å². The number of nitrogens with zero attached hydrogens (tertiary/aromatic N) is 3. The number of amides is 1. The van der Waals surface area contributed by atoms with Crippen molar-refractivity contribution in [3.05, 3.63) is 65.7 Å². The van der Waals surface area contributed by atoms with Crippen LogP contribution in [0.25, 0.3) is 0 Å². The SMILES string of the molecule is NC(=O)C1CN(Cc2ccccc2)CCN1Cc1ccccc1N1CCCCC1. The predicted octanol–water partition coefficient (Wildman–Crippen LogP) is 2.85. The number of rotatable bonds is 6. The lowest BCUT2D eigenvalue weighted by molar-refractivity contribution is -0.126. The molecule has 1 unspecified atom stereocenters. The van der Waals surface area contributed by atoms with E-state index in [9.17, 15) is 4.79 Å². The highest BCUT2D eigenvalue weighted by Gasteiger charge is 2.31. The summed E-state index contributed by atoms with van der Waals surface area (Å²) < 4.78 is 0. The Morgan fingerprint density at radius 3 is 2.34 bits per heavy atom. The van der Waals surface area contributed by atoms with Crippen LogP contribution in [0.15, 0.2) is 54.6 Å². The molecule has 5 nitrogen and oxygen atoms in total. The topological polar surface area (TPSA) is 52.8 Å². The van der Waals surface area contributed by atoms with E-state index in [4.69, 9.17) is 5.73 Å². The number of nitrogens with two attached hydrogens (primary N) is 1. The molecular formula is C24H32N4O. The highest BCUT2D eigenvalue weighted by Crippen LogP contribution is 2.26. The molecule has 4 rings (SSSR count). The zero-order chi connectivity index (χ0) is 20.1. The second-order valence-electron chi connectivity index (χ2n) is 8.29. The molecular weight excluding hydrogens is 360 g/mol. The Hall–Kier alpha value is -2.37. The van der Waals surface area contributed by atoms with E-state index in [1.165, 1.54) is 36.1 Å². The molecule has 0 spiro atoms. The molecule has 2 aromatic rings.